The number of nitrogens with one attached hydrogen (secondary N) is 1. The van der Waals surface area contributed by atoms with Crippen LogP contribution >= 0.6 is 0 Å². The van der Waals surface area contributed by atoms with Crippen LogP contribution in [0, 0.1) is 11.6 Å². The van der Waals surface area contributed by atoms with E-state index in [0.29, 0.717) is 11.4 Å². The molecule has 0 bridgehead atoms. The number of hydrogen-bond donors (Lipinski definition) is 1. The van der Waals surface area contributed by atoms with E-state index in [1.165, 1.54) is 45.0 Å². The van der Waals surface area contributed by atoms with Crippen molar-refractivity contribution >= 4 is 23.0 Å². The lowest BCUT2D eigenvalue weighted by Crippen LogP contribution is -2.46. The molecule has 4 heterocycles. The fourth-order valence-corrected chi connectivity index (χ4v) is 7.32. The van der Waals surface area contributed by atoms with Crippen LogP contribution in [0.1, 0.15) is 25.5 Å². The molecule has 6 aromatic rings. The molecular formula is C43H45F2N9O6. The van der Waals surface area contributed by atoms with Gasteiger partial charge in [-0.15, -0.1) is 0 Å². The van der Waals surface area contributed by atoms with Gasteiger partial charge in [0.25, 0.3) is 0 Å². The van der Waals surface area contributed by atoms with Crippen LogP contribution in [0.15, 0.2) is 121 Å². The number of carbonyl (C=O) groups is 1. The summed E-state index contributed by atoms with van der Waals surface area (Å²) in [5.41, 5.74) is 3.34. The molecule has 0 amide bonds. The average molecular weight is 822 g/mol. The van der Waals surface area contributed by atoms with Gasteiger partial charge in [-0.2, -0.15) is 10.2 Å². The third-order valence-corrected chi connectivity index (χ3v) is 10.7. The van der Waals surface area contributed by atoms with Gasteiger partial charge in [-0.1, -0.05) is 18.2 Å². The third kappa shape index (κ3) is 9.01. The van der Waals surface area contributed by atoms with Gasteiger partial charge in [0.05, 0.1) is 18.3 Å². The number of anilines is 3. The highest BCUT2D eigenvalue weighted by Crippen LogP contribution is 2.38. The summed E-state index contributed by atoms with van der Waals surface area (Å²) in [7, 11) is 0. The predicted molar refractivity (Wildman–Crippen MR) is 218 cm³/mol. The van der Waals surface area contributed by atoms with Crippen LogP contribution in [-0.2, 0) is 31.3 Å². The molecule has 2 fully saturated rings. The summed E-state index contributed by atoms with van der Waals surface area (Å²) in [5, 5.41) is 11.5. The number of halogens is 2. The zero-order valence-corrected chi connectivity index (χ0v) is 33.1. The molecule has 4 unspecified atom stereocenters. The van der Waals surface area contributed by atoms with Crippen molar-refractivity contribution in [2.75, 3.05) is 61.1 Å². The highest BCUT2D eigenvalue weighted by Gasteiger charge is 2.46. The molecule has 17 heteroatoms. The van der Waals surface area contributed by atoms with Crippen molar-refractivity contribution in [3.05, 3.63) is 144 Å². The van der Waals surface area contributed by atoms with Crippen molar-refractivity contribution in [2.24, 2.45) is 0 Å². The zero-order chi connectivity index (χ0) is 41.6. The second-order valence-electron chi connectivity index (χ2n) is 14.7. The highest BCUT2D eigenvalue weighted by atomic mass is 19.1. The van der Waals surface area contributed by atoms with Crippen molar-refractivity contribution in [1.82, 2.24) is 29.1 Å². The van der Waals surface area contributed by atoms with E-state index in [9.17, 15) is 18.4 Å². The molecule has 2 aromatic heterocycles. The van der Waals surface area contributed by atoms with Gasteiger partial charge in [0.1, 0.15) is 68.3 Å². The molecule has 2 aliphatic rings. The number of esters is 1. The molecule has 0 saturated carbocycles. The Labute approximate surface area is 344 Å². The van der Waals surface area contributed by atoms with Crippen LogP contribution in [0.5, 0.6) is 5.75 Å². The average Bonchev–Trinajstić information content (AvgIpc) is 4.03. The lowest BCUT2D eigenvalue weighted by molar-refractivity contribution is -0.192. The molecule has 312 valence electrons. The summed E-state index contributed by atoms with van der Waals surface area (Å²) in [6.45, 7) is 7.06. The first-order valence-corrected chi connectivity index (χ1v) is 19.7. The molecule has 2 saturated heterocycles. The molecule has 1 N–H and O–H groups in total. The summed E-state index contributed by atoms with van der Waals surface area (Å²) in [5.74, 6) is -2.79. The predicted octanol–water partition coefficient (Wildman–Crippen LogP) is 5.18. The summed E-state index contributed by atoms with van der Waals surface area (Å²) >= 11 is 0. The van der Waals surface area contributed by atoms with E-state index in [1.54, 1.807) is 13.8 Å². The molecule has 0 aliphatic carbocycles. The minimum absolute atomic E-state index is 0.00633. The van der Waals surface area contributed by atoms with Crippen LogP contribution in [-0.4, -0.2) is 93.2 Å². The number of hydrogen-bond acceptors (Lipinski definition) is 12. The lowest BCUT2D eigenvalue weighted by Gasteiger charge is -2.37. The Balaban J connectivity index is 0.809. The van der Waals surface area contributed by atoms with Gasteiger partial charge >= 0.3 is 11.7 Å². The van der Waals surface area contributed by atoms with Crippen LogP contribution in [0.2, 0.25) is 0 Å². The van der Waals surface area contributed by atoms with Gasteiger partial charge in [0.15, 0.2) is 0 Å². The fourth-order valence-electron chi connectivity index (χ4n) is 7.32. The smallest absolute Gasteiger partial charge is 0.350 e. The number of rotatable bonds is 15. The van der Waals surface area contributed by atoms with Gasteiger partial charge in [-0.3, -0.25) is 4.79 Å². The van der Waals surface area contributed by atoms with Crippen LogP contribution in [0.3, 0.4) is 0 Å². The number of piperazine rings is 1. The number of benzene rings is 4. The molecule has 4 aromatic carbocycles. The van der Waals surface area contributed by atoms with Crippen molar-refractivity contribution in [3.63, 3.8) is 0 Å². The maximum absolute atomic E-state index is 14.9. The van der Waals surface area contributed by atoms with Crippen molar-refractivity contribution in [2.45, 2.75) is 44.4 Å². The van der Waals surface area contributed by atoms with Gasteiger partial charge in [-0.25, -0.2) is 32.5 Å². The van der Waals surface area contributed by atoms with E-state index in [2.05, 4.69) is 30.3 Å². The van der Waals surface area contributed by atoms with E-state index < -0.39 is 41.6 Å². The van der Waals surface area contributed by atoms with Crippen LogP contribution in [0.4, 0.5) is 25.8 Å². The fraction of sp³-hybridized carbons (Fsp3) is 0.326. The molecule has 4 atom stereocenters. The quantitative estimate of drug-likeness (QED) is 0.136. The topological polar surface area (TPSA) is 143 Å². The maximum Gasteiger partial charge on any atom is 0.350 e. The Morgan fingerprint density at radius 3 is 2.23 bits per heavy atom. The molecule has 0 radical (unpaired) electrons. The second kappa shape index (κ2) is 17.7. The number of carbonyl (C=O) groups excluding carboxylic acids is 1. The lowest BCUT2D eigenvalue weighted by atomic mass is 10.0. The summed E-state index contributed by atoms with van der Waals surface area (Å²) < 4.78 is 56.9. The first-order valence-electron chi connectivity index (χ1n) is 19.7. The van der Waals surface area contributed by atoms with Gasteiger partial charge in [0, 0.05) is 54.9 Å². The molecular weight excluding hydrogens is 777 g/mol. The largest absolute Gasteiger partial charge is 0.491 e. The van der Waals surface area contributed by atoms with E-state index in [0.717, 1.165) is 49.3 Å². The molecule has 60 heavy (non-hydrogen) atoms. The summed E-state index contributed by atoms with van der Waals surface area (Å²) in [4.78, 5) is 34.4. The maximum atomic E-state index is 14.9. The number of nitrogens with zero attached hydrogens (tertiary/aromatic N) is 8. The van der Waals surface area contributed by atoms with E-state index in [1.807, 2.05) is 78.9 Å². The molecule has 2 aliphatic heterocycles. The van der Waals surface area contributed by atoms with Crippen molar-refractivity contribution < 1.29 is 32.5 Å². The number of aromatic nitrogens is 6. The standard InChI is InChI=1S/C43H45F2N9O6/c1-30(31(2)59-41(55)23-47-33-6-4-3-5-7-33)54-42(56)53(29-49-54)36-11-9-34(10-12-36)50-18-20-51(21-19-50)35-13-15-37(16-14-35)57-24-38-25-58-43(60-38,26-52-28-46-27-48-52)39-17-8-32(44)22-40(39)45/h3-17,22,27-31,38,47H,18-21,23-26H2,1-2H3. The molecule has 0 spiro atoms. The first-order chi connectivity index (χ1) is 29.1. The minimum Gasteiger partial charge on any atom is -0.491 e. The number of ether oxygens (including phenoxy) is 4. The number of para-hydroxylation sites is 1. The minimum atomic E-state index is -1.53. The van der Waals surface area contributed by atoms with Crippen LogP contribution < -0.4 is 25.5 Å². The van der Waals surface area contributed by atoms with Crippen LogP contribution in [0.25, 0.3) is 5.69 Å². The third-order valence-electron chi connectivity index (χ3n) is 10.7. The molecule has 15 nitrogen and oxygen atoms in total. The van der Waals surface area contributed by atoms with E-state index >= 15 is 0 Å². The monoisotopic (exact) mass is 821 g/mol. The summed E-state index contributed by atoms with van der Waals surface area (Å²) in [6.07, 6.45) is 3.21. The van der Waals surface area contributed by atoms with Gasteiger partial charge in [0.2, 0.25) is 5.79 Å². The second-order valence-corrected chi connectivity index (χ2v) is 14.7. The van der Waals surface area contributed by atoms with E-state index in [-0.39, 0.29) is 37.6 Å². The molecule has 8 rings (SSSR count). The van der Waals surface area contributed by atoms with Crippen molar-refractivity contribution in [1.29, 1.82) is 0 Å². The Bertz CT molecular complexity index is 2410. The normalized spacial score (nSPS) is 18.9. The Hall–Kier alpha value is -6.59. The SMILES string of the molecule is CC(OC(=O)CNc1ccccc1)C(C)n1ncn(-c2ccc(N3CCN(c4ccc(OCC5COC(Cn6cncn6)(c6ccc(F)cc6F)O5)cc4)CC3)cc2)c1=O. The summed E-state index contributed by atoms with van der Waals surface area (Å²) in [6, 6.07) is 27.8. The Morgan fingerprint density at radius 1 is 0.883 bits per heavy atom. The Kier molecular flexibility index (Phi) is 11.9. The zero-order valence-electron chi connectivity index (χ0n) is 33.1. The van der Waals surface area contributed by atoms with Gasteiger partial charge < -0.3 is 34.1 Å². The van der Waals surface area contributed by atoms with Gasteiger partial charge in [-0.05, 0) is 86.6 Å². The Morgan fingerprint density at radius 2 is 1.57 bits per heavy atom. The highest BCUT2D eigenvalue weighted by molar-refractivity contribution is 5.75. The van der Waals surface area contributed by atoms with E-state index in [4.69, 9.17) is 18.9 Å². The first kappa shape index (κ1) is 40.2. The van der Waals surface area contributed by atoms with Crippen molar-refractivity contribution in [3.8, 4) is 11.4 Å².